The Labute approximate surface area is 95.0 Å². The molecule has 1 heterocycles. The summed E-state index contributed by atoms with van der Waals surface area (Å²) in [5.74, 6) is 0.781. The van der Waals surface area contributed by atoms with Gasteiger partial charge in [-0.2, -0.15) is 0 Å². The summed E-state index contributed by atoms with van der Waals surface area (Å²) in [6.45, 7) is 1.12. The van der Waals surface area contributed by atoms with Gasteiger partial charge in [-0.15, -0.1) is 0 Å². The van der Waals surface area contributed by atoms with Crippen LogP contribution < -0.4 is 15.4 Å². The highest BCUT2D eigenvalue weighted by Gasteiger charge is 2.37. The van der Waals surface area contributed by atoms with E-state index in [1.165, 1.54) is 0 Å². The van der Waals surface area contributed by atoms with E-state index in [9.17, 15) is 4.39 Å². The first-order chi connectivity index (χ1) is 7.68. The Bertz CT molecular complexity index is 372. The fraction of sp³-hybridized carbons (Fsp3) is 0.500. The number of hydrogen-bond donors (Lipinski definition) is 1. The molecule has 0 bridgehead atoms. The maximum atomic E-state index is 14.0. The molecule has 2 N–H and O–H groups in total. The molecule has 0 aliphatic carbocycles. The van der Waals surface area contributed by atoms with Crippen molar-refractivity contribution in [1.29, 1.82) is 0 Å². The van der Waals surface area contributed by atoms with Gasteiger partial charge in [-0.3, -0.25) is 0 Å². The summed E-state index contributed by atoms with van der Waals surface area (Å²) in [5, 5.41) is 0. The molecule has 88 valence electrons. The van der Waals surface area contributed by atoms with Crippen molar-refractivity contribution in [2.75, 3.05) is 31.6 Å². The van der Waals surface area contributed by atoms with Crippen molar-refractivity contribution < 1.29 is 9.13 Å². The van der Waals surface area contributed by atoms with Crippen molar-refractivity contribution in [1.82, 2.24) is 0 Å². The number of nitrogens with two attached hydrogens (primary N) is 1. The second-order valence-electron chi connectivity index (χ2n) is 4.20. The highest BCUT2D eigenvalue weighted by atomic mass is 19.1. The molecule has 1 aromatic carbocycles. The minimum Gasteiger partial charge on any atom is -0.495 e. The molecule has 1 aromatic rings. The van der Waals surface area contributed by atoms with E-state index in [1.54, 1.807) is 7.11 Å². The lowest BCUT2D eigenvalue weighted by Crippen LogP contribution is -2.36. The van der Waals surface area contributed by atoms with Gasteiger partial charge in [0.25, 0.3) is 0 Å². The molecular formula is C12H17FN2O. The molecule has 3 nitrogen and oxygen atoms in total. The van der Waals surface area contributed by atoms with Crippen LogP contribution in [0.4, 0.5) is 10.1 Å². The Kier molecular flexibility index (Phi) is 3.01. The van der Waals surface area contributed by atoms with Gasteiger partial charge in [0.2, 0.25) is 0 Å². The first kappa shape index (κ1) is 11.2. The Morgan fingerprint density at radius 2 is 2.25 bits per heavy atom. The van der Waals surface area contributed by atoms with Gasteiger partial charge in [-0.1, -0.05) is 12.1 Å². The number of benzene rings is 1. The maximum absolute atomic E-state index is 14.0. The quantitative estimate of drug-likeness (QED) is 0.847. The summed E-state index contributed by atoms with van der Waals surface area (Å²) in [4.78, 5) is 1.99. The van der Waals surface area contributed by atoms with Crippen molar-refractivity contribution in [3.63, 3.8) is 0 Å². The van der Waals surface area contributed by atoms with E-state index >= 15 is 0 Å². The zero-order valence-electron chi connectivity index (χ0n) is 9.45. The van der Waals surface area contributed by atoms with Gasteiger partial charge in [0, 0.05) is 19.5 Å². The minimum atomic E-state index is -1.25. The number of anilines is 1. The predicted octanol–water partition coefficient (Wildman–Crippen LogP) is 1.57. The van der Waals surface area contributed by atoms with Gasteiger partial charge in [-0.05, 0) is 12.1 Å². The molecule has 1 saturated heterocycles. The molecule has 0 spiro atoms. The third-order valence-corrected chi connectivity index (χ3v) is 3.10. The molecule has 0 aromatic heterocycles. The highest BCUT2D eigenvalue weighted by molar-refractivity contribution is 5.59. The molecule has 0 saturated carbocycles. The average molecular weight is 224 g/mol. The summed E-state index contributed by atoms with van der Waals surface area (Å²) in [7, 11) is 1.63. The molecular weight excluding hydrogens is 207 g/mol. The van der Waals surface area contributed by atoms with E-state index in [1.807, 2.05) is 29.2 Å². The minimum absolute atomic E-state index is 0.0820. The molecule has 1 unspecified atom stereocenters. The number of rotatable bonds is 3. The van der Waals surface area contributed by atoms with Crippen molar-refractivity contribution in [3.8, 4) is 5.75 Å². The Morgan fingerprint density at radius 1 is 1.50 bits per heavy atom. The number of ether oxygens (including phenoxy) is 1. The standard InChI is InChI=1S/C12H17FN2O/c1-16-11-5-3-2-4-10(11)15-7-6-12(13,8-14)9-15/h2-5H,6-9,14H2,1H3. The van der Waals surface area contributed by atoms with Crippen molar-refractivity contribution in [2.24, 2.45) is 5.73 Å². The van der Waals surface area contributed by atoms with Crippen LogP contribution in [0.3, 0.4) is 0 Å². The van der Waals surface area contributed by atoms with Crippen LogP contribution in [0, 0.1) is 0 Å². The molecule has 16 heavy (non-hydrogen) atoms. The number of methoxy groups -OCH3 is 1. The SMILES string of the molecule is COc1ccccc1N1CCC(F)(CN)C1. The second kappa shape index (κ2) is 4.29. The van der Waals surface area contributed by atoms with E-state index in [0.717, 1.165) is 11.4 Å². The number of hydrogen-bond acceptors (Lipinski definition) is 3. The number of halogens is 1. The Balaban J connectivity index is 2.20. The second-order valence-corrected chi connectivity index (χ2v) is 4.20. The molecule has 0 amide bonds. The number of alkyl halides is 1. The van der Waals surface area contributed by atoms with Crippen LogP contribution in [-0.4, -0.2) is 32.4 Å². The average Bonchev–Trinajstić information content (AvgIpc) is 2.73. The first-order valence-corrected chi connectivity index (χ1v) is 5.45. The Hall–Kier alpha value is -1.29. The fourth-order valence-corrected chi connectivity index (χ4v) is 2.10. The molecule has 1 fully saturated rings. The van der Waals surface area contributed by atoms with Gasteiger partial charge in [0.05, 0.1) is 19.3 Å². The van der Waals surface area contributed by atoms with Gasteiger partial charge in [-0.25, -0.2) is 4.39 Å². The molecule has 1 atom stereocenters. The fourth-order valence-electron chi connectivity index (χ4n) is 2.10. The van der Waals surface area contributed by atoms with Crippen LogP contribution in [0.1, 0.15) is 6.42 Å². The molecule has 1 aliphatic rings. The molecule has 4 heteroatoms. The van der Waals surface area contributed by atoms with Gasteiger partial charge in [0.1, 0.15) is 11.4 Å². The van der Waals surface area contributed by atoms with Crippen LogP contribution in [0.5, 0.6) is 5.75 Å². The van der Waals surface area contributed by atoms with Gasteiger partial charge in [0.15, 0.2) is 0 Å². The van der Waals surface area contributed by atoms with Gasteiger partial charge < -0.3 is 15.4 Å². The van der Waals surface area contributed by atoms with Crippen LogP contribution >= 0.6 is 0 Å². The van der Waals surface area contributed by atoms with E-state index < -0.39 is 5.67 Å². The lowest BCUT2D eigenvalue weighted by molar-refractivity contribution is 0.204. The summed E-state index contributed by atoms with van der Waals surface area (Å²) in [6, 6.07) is 7.67. The van der Waals surface area contributed by atoms with E-state index in [0.29, 0.717) is 19.5 Å². The zero-order chi connectivity index (χ0) is 11.6. The Morgan fingerprint density at radius 3 is 2.88 bits per heavy atom. The van der Waals surface area contributed by atoms with Crippen molar-refractivity contribution in [3.05, 3.63) is 24.3 Å². The normalized spacial score (nSPS) is 24.8. The summed E-state index contributed by atoms with van der Waals surface area (Å²) < 4.78 is 19.3. The number of nitrogens with zero attached hydrogens (tertiary/aromatic N) is 1. The van der Waals surface area contributed by atoms with E-state index in [2.05, 4.69) is 0 Å². The van der Waals surface area contributed by atoms with Crippen LogP contribution in [0.2, 0.25) is 0 Å². The third-order valence-electron chi connectivity index (χ3n) is 3.10. The predicted molar refractivity (Wildman–Crippen MR) is 62.7 cm³/mol. The highest BCUT2D eigenvalue weighted by Crippen LogP contribution is 2.34. The van der Waals surface area contributed by atoms with Crippen LogP contribution in [-0.2, 0) is 0 Å². The largest absolute Gasteiger partial charge is 0.495 e. The lowest BCUT2D eigenvalue weighted by atomic mass is 10.1. The van der Waals surface area contributed by atoms with Crippen molar-refractivity contribution >= 4 is 5.69 Å². The third kappa shape index (κ3) is 1.97. The van der Waals surface area contributed by atoms with Crippen LogP contribution in [0.25, 0.3) is 0 Å². The van der Waals surface area contributed by atoms with Gasteiger partial charge >= 0.3 is 0 Å². The summed E-state index contributed by atoms with van der Waals surface area (Å²) in [5.41, 5.74) is 5.14. The van der Waals surface area contributed by atoms with Crippen LogP contribution in [0.15, 0.2) is 24.3 Å². The first-order valence-electron chi connectivity index (χ1n) is 5.45. The van der Waals surface area contributed by atoms with E-state index in [-0.39, 0.29) is 6.54 Å². The van der Waals surface area contributed by atoms with Crippen molar-refractivity contribution in [2.45, 2.75) is 12.1 Å². The lowest BCUT2D eigenvalue weighted by Gasteiger charge is -2.22. The zero-order valence-corrected chi connectivity index (χ0v) is 9.45. The monoisotopic (exact) mass is 224 g/mol. The maximum Gasteiger partial charge on any atom is 0.142 e. The summed E-state index contributed by atoms with van der Waals surface area (Å²) >= 11 is 0. The summed E-state index contributed by atoms with van der Waals surface area (Å²) in [6.07, 6.45) is 0.488. The molecule has 2 rings (SSSR count). The smallest absolute Gasteiger partial charge is 0.142 e. The topological polar surface area (TPSA) is 38.5 Å². The molecule has 1 aliphatic heterocycles. The van der Waals surface area contributed by atoms with E-state index in [4.69, 9.17) is 10.5 Å². The number of para-hydroxylation sites is 2. The molecule has 0 radical (unpaired) electrons.